The molecule has 0 unspecified atom stereocenters. The van der Waals surface area contributed by atoms with Crippen molar-refractivity contribution in [2.24, 2.45) is 0 Å². The average molecular weight is 1420 g/mol. The number of amides is 6. The number of benzene rings is 3. The van der Waals surface area contributed by atoms with Crippen LogP contribution in [-0.2, 0) is 14.0 Å². The Hall–Kier alpha value is -8.39. The Morgan fingerprint density at radius 2 is 0.828 bits per heavy atom. The van der Waals surface area contributed by atoms with Crippen molar-refractivity contribution in [1.29, 1.82) is 0 Å². The number of urea groups is 3. The Morgan fingerprint density at radius 3 is 1.23 bits per heavy atom. The monoisotopic (exact) mass is 1410 g/mol. The van der Waals surface area contributed by atoms with Gasteiger partial charge in [0, 0.05) is 62.4 Å². The molecule has 0 atom stereocenters. The van der Waals surface area contributed by atoms with Crippen LogP contribution in [0.4, 0.5) is 37.4 Å². The number of anilines is 4. The van der Waals surface area contributed by atoms with Crippen LogP contribution in [0.5, 0.6) is 0 Å². The summed E-state index contributed by atoms with van der Waals surface area (Å²) in [5.41, 5.74) is 7.82. The standard InChI is InChI=1S/C23H29N7O3.C19H21ClN6O2.C14H21BN2O3.C11H12Cl2N4O/c1-24-23(32)26-16-4-2-15(3-5-16)20-19-14-25-30(17-6-8-18(31)9-7-17)21(19)28-22(27-20)29-10-12-33-13-11-29;1-21-19(28)23-12-4-2-11(3-5-12)16-15-10-22-26(17(15)25-18(20)24-16)13-6-8-14(27)9-7-13;1-13(2)14(3,4)20-15(19-13)10-6-8-11(9-7-10)17-12(18)16-5;12-9-8-5-14-17(10(8)16-11(13)15-9)6-1-3-7(18)4-2-6/h2-5,14,17-18,31H,6-13H2,1H3,(H2,24,26,32);2-5,10,13-14,27H,6-9H2,1H3,(H2,21,23,28);6-9H,1-5H3,(H2,16,17,18);5-7,18H,1-4H2. The highest BCUT2D eigenvalue weighted by Gasteiger charge is 2.51. The van der Waals surface area contributed by atoms with Crippen LogP contribution in [0, 0.1) is 0 Å². The van der Waals surface area contributed by atoms with Gasteiger partial charge in [0.25, 0.3) is 0 Å². The van der Waals surface area contributed by atoms with Gasteiger partial charge in [0.1, 0.15) is 5.15 Å². The Labute approximate surface area is 587 Å². The molecule has 5 aliphatic rings. The summed E-state index contributed by atoms with van der Waals surface area (Å²) in [5, 5.41) is 61.6. The van der Waals surface area contributed by atoms with Crippen LogP contribution >= 0.6 is 34.8 Å². The molecule has 5 fully saturated rings. The van der Waals surface area contributed by atoms with Gasteiger partial charge in [0.05, 0.1) is 107 Å². The lowest BCUT2D eigenvalue weighted by atomic mass is 9.79. The summed E-state index contributed by atoms with van der Waals surface area (Å²) < 4.78 is 23.2. The molecule has 2 saturated heterocycles. The summed E-state index contributed by atoms with van der Waals surface area (Å²) >= 11 is 18.1. The van der Waals surface area contributed by atoms with Crippen molar-refractivity contribution in [3.05, 3.63) is 107 Å². The van der Waals surface area contributed by atoms with Gasteiger partial charge in [-0.2, -0.15) is 30.2 Å². The SMILES string of the molecule is CNC(=O)Nc1ccc(-c2nc(Cl)nc3c2cnn3C2CCC(O)CC2)cc1.CNC(=O)Nc1ccc(-c2nc(N3CCOCC3)nc3c2cnn3C2CCC(O)CC2)cc1.CNC(=O)Nc1ccc(B2OC(C)(C)C(C)(C)O2)cc1.OC1CCC(n2ncc3c(Cl)nc(Cl)nc32)CC1. The third kappa shape index (κ3) is 17.3. The van der Waals surface area contributed by atoms with E-state index in [0.29, 0.717) is 58.1 Å². The molecule has 3 saturated carbocycles. The number of carbonyl (C=O) groups excluding carboxylic acids is 3. The number of aliphatic hydroxyl groups excluding tert-OH is 3. The van der Waals surface area contributed by atoms with Gasteiger partial charge in [-0.3, -0.25) is 0 Å². The number of halogens is 3. The van der Waals surface area contributed by atoms with E-state index in [4.69, 9.17) is 63.9 Å². The zero-order chi connectivity index (χ0) is 70.1. The van der Waals surface area contributed by atoms with E-state index in [1.54, 1.807) is 45.7 Å². The van der Waals surface area contributed by atoms with Crippen LogP contribution in [-0.4, -0.2) is 177 Å². The van der Waals surface area contributed by atoms with Gasteiger partial charge in [-0.25, -0.2) is 43.4 Å². The summed E-state index contributed by atoms with van der Waals surface area (Å²) in [5.74, 6) is 0.672. The number of carbonyl (C=O) groups is 3. The zero-order valence-electron chi connectivity index (χ0n) is 56.3. The molecule has 6 amide bonds. The van der Waals surface area contributed by atoms with Gasteiger partial charge in [-0.1, -0.05) is 48.0 Å². The topological polar surface area (TPSA) is 346 Å². The Kier molecular flexibility index (Phi) is 23.1. The third-order valence-electron chi connectivity index (χ3n) is 18.8. The number of nitrogens with one attached hydrogen (secondary N) is 6. The fourth-order valence-electron chi connectivity index (χ4n) is 12.4. The second kappa shape index (κ2) is 31.9. The number of hydrogen-bond donors (Lipinski definition) is 9. The van der Waals surface area contributed by atoms with Crippen molar-refractivity contribution in [3.8, 4) is 22.5 Å². The first-order chi connectivity index (χ1) is 47.6. The Morgan fingerprint density at radius 1 is 0.475 bits per heavy atom. The van der Waals surface area contributed by atoms with E-state index in [-0.39, 0.29) is 83.4 Å². The van der Waals surface area contributed by atoms with Gasteiger partial charge in [-0.15, -0.1) is 0 Å². The zero-order valence-corrected chi connectivity index (χ0v) is 58.5. The summed E-state index contributed by atoms with van der Waals surface area (Å²) in [6.45, 7) is 10.9. The van der Waals surface area contributed by atoms with E-state index in [0.717, 1.165) is 135 Å². The fraction of sp³-hybridized carbons (Fsp3) is 0.463. The summed E-state index contributed by atoms with van der Waals surface area (Å²) in [6.07, 6.45) is 14.5. The number of ether oxygens (including phenoxy) is 1. The first kappa shape index (κ1) is 71.9. The van der Waals surface area contributed by atoms with Gasteiger partial charge in [0.15, 0.2) is 16.9 Å². The van der Waals surface area contributed by atoms with Gasteiger partial charge in [0.2, 0.25) is 16.5 Å². The number of rotatable bonds is 10. The van der Waals surface area contributed by atoms with Crippen LogP contribution in [0.25, 0.3) is 55.6 Å². The van der Waals surface area contributed by atoms with Crippen LogP contribution in [0.1, 0.15) is 123 Å². The minimum Gasteiger partial charge on any atom is -0.399 e. The maximum atomic E-state index is 11.6. The Balaban J connectivity index is 0.000000137. The predicted molar refractivity (Wildman–Crippen MR) is 382 cm³/mol. The molecule has 8 heterocycles. The summed E-state index contributed by atoms with van der Waals surface area (Å²) in [7, 11) is 4.34. The quantitative estimate of drug-likeness (QED) is 0.0349. The molecular weight excluding hydrogens is 1330 g/mol. The van der Waals surface area contributed by atoms with Gasteiger partial charge in [-0.05, 0) is 170 Å². The van der Waals surface area contributed by atoms with Crippen LogP contribution in [0.3, 0.4) is 0 Å². The lowest BCUT2D eigenvalue weighted by molar-refractivity contribution is 0.00578. The molecule has 0 radical (unpaired) electrons. The first-order valence-corrected chi connectivity index (χ1v) is 34.4. The number of fused-ring (bicyclic) bond motifs is 3. The van der Waals surface area contributed by atoms with Crippen molar-refractivity contribution in [2.45, 2.75) is 152 Å². The molecule has 99 heavy (non-hydrogen) atoms. The fourth-order valence-corrected chi connectivity index (χ4v) is 13.0. The van der Waals surface area contributed by atoms with Gasteiger partial charge >= 0.3 is 25.2 Å². The number of morpholine rings is 1. The molecule has 9 N–H and O–H groups in total. The highest BCUT2D eigenvalue weighted by atomic mass is 35.5. The van der Waals surface area contributed by atoms with E-state index in [9.17, 15) is 29.7 Å². The number of aliphatic hydroxyl groups is 3. The molecule has 32 heteroatoms. The molecule has 6 aromatic heterocycles. The lowest BCUT2D eigenvalue weighted by Crippen LogP contribution is -2.41. The number of hydrogen-bond acceptors (Lipinski definition) is 19. The number of nitrogens with zero attached hydrogens (tertiary/aromatic N) is 13. The first-order valence-electron chi connectivity index (χ1n) is 33.3. The molecule has 14 rings (SSSR count). The molecule has 0 spiro atoms. The van der Waals surface area contributed by atoms with Crippen molar-refractivity contribution in [3.63, 3.8) is 0 Å². The maximum Gasteiger partial charge on any atom is 0.494 e. The van der Waals surface area contributed by atoms with E-state index in [2.05, 4.69) is 66.9 Å². The van der Waals surface area contributed by atoms with Crippen LogP contribution in [0.2, 0.25) is 15.7 Å². The number of aromatic nitrogens is 12. The Bertz CT molecular complexity index is 4230. The largest absolute Gasteiger partial charge is 0.494 e. The molecule has 3 aliphatic carbocycles. The maximum absolute atomic E-state index is 11.6. The highest BCUT2D eigenvalue weighted by Crippen LogP contribution is 2.39. The molecule has 2 aliphatic heterocycles. The molecule has 524 valence electrons. The molecule has 9 aromatic rings. The normalized spacial score (nSPS) is 21.1. The van der Waals surface area contributed by atoms with Crippen molar-refractivity contribution < 1.29 is 43.7 Å². The summed E-state index contributed by atoms with van der Waals surface area (Å²) in [4.78, 5) is 63.2. The minimum absolute atomic E-state index is 0.130. The van der Waals surface area contributed by atoms with Crippen LogP contribution in [0.15, 0.2) is 91.4 Å². The average Bonchev–Trinajstić information content (AvgIpc) is 1.68. The van der Waals surface area contributed by atoms with E-state index < -0.39 is 0 Å². The predicted octanol–water partition coefficient (Wildman–Crippen LogP) is 10.3. The lowest BCUT2D eigenvalue weighted by Gasteiger charge is -2.32. The third-order valence-corrected chi connectivity index (χ3v) is 19.4. The van der Waals surface area contributed by atoms with E-state index in [1.807, 2.05) is 109 Å². The molecule has 0 bridgehead atoms. The highest BCUT2D eigenvalue weighted by molar-refractivity contribution is 6.62. The smallest absolute Gasteiger partial charge is 0.399 e. The minimum atomic E-state index is -0.381. The van der Waals surface area contributed by atoms with E-state index >= 15 is 0 Å². The second-order valence-corrected chi connectivity index (χ2v) is 27.0. The van der Waals surface area contributed by atoms with Crippen molar-refractivity contribution in [2.75, 3.05) is 68.3 Å². The molecule has 28 nitrogen and oxygen atoms in total. The molecular formula is C67H83BCl3N19O9. The van der Waals surface area contributed by atoms with Crippen molar-refractivity contribution in [1.82, 2.24) is 75.2 Å². The van der Waals surface area contributed by atoms with Crippen molar-refractivity contribution >= 4 is 122 Å². The van der Waals surface area contributed by atoms with Gasteiger partial charge < -0.3 is 66.2 Å². The van der Waals surface area contributed by atoms with Crippen LogP contribution < -0.4 is 42.3 Å². The second-order valence-electron chi connectivity index (χ2n) is 25.9. The molecule has 3 aromatic carbocycles. The summed E-state index contributed by atoms with van der Waals surface area (Å²) in [6, 6.07) is 22.3. The van der Waals surface area contributed by atoms with E-state index in [1.165, 1.54) is 0 Å².